The van der Waals surface area contributed by atoms with E-state index in [2.05, 4.69) is 17.5 Å². The summed E-state index contributed by atoms with van der Waals surface area (Å²) in [4.78, 5) is 13.2. The summed E-state index contributed by atoms with van der Waals surface area (Å²) in [7, 11) is 0. The highest BCUT2D eigenvalue weighted by atomic mass is 16.6. The zero-order chi connectivity index (χ0) is 13.8. The van der Waals surface area contributed by atoms with Crippen molar-refractivity contribution in [2.75, 3.05) is 29.9 Å². The van der Waals surface area contributed by atoms with E-state index in [0.29, 0.717) is 19.1 Å². The first-order valence-corrected chi connectivity index (χ1v) is 7.26. The molecule has 4 nitrogen and oxygen atoms in total. The van der Waals surface area contributed by atoms with Gasteiger partial charge in [0.1, 0.15) is 6.61 Å². The molecule has 1 unspecified atom stereocenters. The Balaban J connectivity index is 1.62. The summed E-state index contributed by atoms with van der Waals surface area (Å²) in [6.07, 6.45) is 7.88. The molecule has 1 atom stereocenters. The maximum Gasteiger partial charge on any atom is 0.414 e. The van der Waals surface area contributed by atoms with Gasteiger partial charge in [-0.25, -0.2) is 4.79 Å². The number of ether oxygens (including phenoxy) is 1. The van der Waals surface area contributed by atoms with Crippen molar-refractivity contribution < 1.29 is 9.53 Å². The average molecular weight is 272 g/mol. The Labute approximate surface area is 119 Å². The van der Waals surface area contributed by atoms with Crippen molar-refractivity contribution in [2.24, 2.45) is 5.92 Å². The molecule has 106 valence electrons. The van der Waals surface area contributed by atoms with E-state index in [1.165, 1.54) is 12.8 Å². The molecule has 1 aromatic rings. The van der Waals surface area contributed by atoms with E-state index in [9.17, 15) is 4.79 Å². The number of benzene rings is 1. The number of nitrogens with zero attached hydrogens (tertiary/aromatic N) is 1. The lowest BCUT2D eigenvalue weighted by molar-refractivity contribution is 0.181. The highest BCUT2D eigenvalue weighted by Gasteiger charge is 2.23. The molecule has 1 aliphatic heterocycles. The van der Waals surface area contributed by atoms with Crippen LogP contribution in [-0.2, 0) is 4.74 Å². The molecule has 20 heavy (non-hydrogen) atoms. The first-order chi connectivity index (χ1) is 9.83. The van der Waals surface area contributed by atoms with E-state index in [1.807, 2.05) is 24.3 Å². The number of hydrogen-bond donors (Lipinski definition) is 1. The van der Waals surface area contributed by atoms with Crippen LogP contribution < -0.4 is 10.2 Å². The summed E-state index contributed by atoms with van der Waals surface area (Å²) in [5.41, 5.74) is 1.97. The fourth-order valence-electron chi connectivity index (χ4n) is 2.72. The molecule has 0 radical (unpaired) electrons. The Morgan fingerprint density at radius 3 is 3.05 bits per heavy atom. The van der Waals surface area contributed by atoms with Gasteiger partial charge in [-0.3, -0.25) is 4.90 Å². The highest BCUT2D eigenvalue weighted by molar-refractivity contribution is 5.89. The summed E-state index contributed by atoms with van der Waals surface area (Å²) in [6, 6.07) is 7.99. The summed E-state index contributed by atoms with van der Waals surface area (Å²) in [5.74, 6) is 0.709. The first-order valence-electron chi connectivity index (χ1n) is 7.26. The van der Waals surface area contributed by atoms with E-state index in [1.54, 1.807) is 4.90 Å². The minimum atomic E-state index is -0.250. The highest BCUT2D eigenvalue weighted by Crippen LogP contribution is 2.24. The quantitative estimate of drug-likeness (QED) is 0.854. The van der Waals surface area contributed by atoms with E-state index >= 15 is 0 Å². The van der Waals surface area contributed by atoms with Gasteiger partial charge >= 0.3 is 6.09 Å². The average Bonchev–Trinajstić information content (AvgIpc) is 2.93. The second kappa shape index (κ2) is 5.99. The van der Waals surface area contributed by atoms with Crippen LogP contribution in [0.15, 0.2) is 36.4 Å². The maximum atomic E-state index is 11.6. The number of hydrogen-bond acceptors (Lipinski definition) is 3. The molecule has 1 aromatic carbocycles. The van der Waals surface area contributed by atoms with Crippen molar-refractivity contribution in [3.05, 3.63) is 36.4 Å². The predicted molar refractivity (Wildman–Crippen MR) is 80.1 cm³/mol. The Hall–Kier alpha value is -1.97. The van der Waals surface area contributed by atoms with Gasteiger partial charge in [-0.2, -0.15) is 0 Å². The fourth-order valence-corrected chi connectivity index (χ4v) is 2.72. The second-order valence-electron chi connectivity index (χ2n) is 5.35. The van der Waals surface area contributed by atoms with Gasteiger partial charge in [0.2, 0.25) is 0 Å². The maximum absolute atomic E-state index is 11.6. The van der Waals surface area contributed by atoms with Crippen LogP contribution in [0.25, 0.3) is 0 Å². The number of amides is 1. The normalized spacial score (nSPS) is 21.9. The Kier molecular flexibility index (Phi) is 3.90. The van der Waals surface area contributed by atoms with Gasteiger partial charge in [0.25, 0.3) is 0 Å². The minimum Gasteiger partial charge on any atom is -0.447 e. The molecule has 1 fully saturated rings. The smallest absolute Gasteiger partial charge is 0.414 e. The molecule has 1 saturated heterocycles. The van der Waals surface area contributed by atoms with Crippen LogP contribution in [0.3, 0.4) is 0 Å². The lowest BCUT2D eigenvalue weighted by Gasteiger charge is -2.20. The van der Waals surface area contributed by atoms with Crippen molar-refractivity contribution in [1.82, 2.24) is 0 Å². The van der Waals surface area contributed by atoms with Crippen LogP contribution in [0.1, 0.15) is 19.3 Å². The zero-order valence-corrected chi connectivity index (χ0v) is 11.5. The number of anilines is 2. The largest absolute Gasteiger partial charge is 0.447 e. The van der Waals surface area contributed by atoms with Gasteiger partial charge < -0.3 is 10.1 Å². The molecule has 0 bridgehead atoms. The topological polar surface area (TPSA) is 41.6 Å². The van der Waals surface area contributed by atoms with Gasteiger partial charge in [-0.1, -0.05) is 18.2 Å². The van der Waals surface area contributed by atoms with Gasteiger partial charge in [-0.15, -0.1) is 0 Å². The van der Waals surface area contributed by atoms with Crippen molar-refractivity contribution in [2.45, 2.75) is 19.3 Å². The third kappa shape index (κ3) is 2.95. The summed E-state index contributed by atoms with van der Waals surface area (Å²) >= 11 is 0. The lowest BCUT2D eigenvalue weighted by atomic mass is 9.94. The molecule has 1 aliphatic carbocycles. The fraction of sp³-hybridized carbons (Fsp3) is 0.438. The Bertz CT molecular complexity index is 513. The molecule has 3 rings (SSSR count). The van der Waals surface area contributed by atoms with E-state index in [4.69, 9.17) is 4.74 Å². The first kappa shape index (κ1) is 13.0. The number of allylic oxidation sites excluding steroid dienone is 2. The van der Waals surface area contributed by atoms with Crippen LogP contribution in [0, 0.1) is 5.92 Å². The van der Waals surface area contributed by atoms with Crippen LogP contribution in [0.2, 0.25) is 0 Å². The van der Waals surface area contributed by atoms with E-state index < -0.39 is 0 Å². The third-order valence-corrected chi connectivity index (χ3v) is 3.89. The van der Waals surface area contributed by atoms with E-state index in [-0.39, 0.29) is 6.09 Å². The molecule has 4 heteroatoms. The second-order valence-corrected chi connectivity index (χ2v) is 5.35. The molecule has 0 aromatic heterocycles. The monoisotopic (exact) mass is 272 g/mol. The predicted octanol–water partition coefficient (Wildman–Crippen LogP) is 3.41. The summed E-state index contributed by atoms with van der Waals surface area (Å²) < 4.78 is 4.97. The summed E-state index contributed by atoms with van der Waals surface area (Å²) in [5, 5.41) is 3.48. The number of nitrogens with one attached hydrogen (secondary N) is 1. The van der Waals surface area contributed by atoms with Crippen molar-refractivity contribution >= 4 is 17.5 Å². The molecule has 2 aliphatic rings. The molecule has 1 N–H and O–H groups in total. The Morgan fingerprint density at radius 2 is 2.30 bits per heavy atom. The summed E-state index contributed by atoms with van der Waals surface area (Å²) in [6.45, 7) is 2.10. The van der Waals surface area contributed by atoms with Gasteiger partial charge in [0.15, 0.2) is 0 Å². The van der Waals surface area contributed by atoms with E-state index in [0.717, 1.165) is 24.3 Å². The molecular formula is C16H20N2O2. The molecule has 0 saturated carbocycles. The Morgan fingerprint density at radius 1 is 1.35 bits per heavy atom. The van der Waals surface area contributed by atoms with Crippen LogP contribution in [-0.4, -0.2) is 25.8 Å². The van der Waals surface area contributed by atoms with Gasteiger partial charge in [0.05, 0.1) is 6.54 Å². The van der Waals surface area contributed by atoms with Crippen LogP contribution in [0.4, 0.5) is 16.2 Å². The standard InChI is InChI=1S/C16H20N2O2/c19-16-18(9-10-20-16)15-8-4-7-14(11-15)17-12-13-5-2-1-3-6-13/h1-2,4,7-8,11,13,17H,3,5-6,9-10,12H2. The lowest BCUT2D eigenvalue weighted by Crippen LogP contribution is -2.23. The molecular weight excluding hydrogens is 252 g/mol. The molecule has 0 spiro atoms. The zero-order valence-electron chi connectivity index (χ0n) is 11.5. The van der Waals surface area contributed by atoms with Gasteiger partial charge in [0, 0.05) is 17.9 Å². The molecule has 1 amide bonds. The number of rotatable bonds is 4. The van der Waals surface area contributed by atoms with Crippen LogP contribution >= 0.6 is 0 Å². The van der Waals surface area contributed by atoms with Crippen LogP contribution in [0.5, 0.6) is 0 Å². The van der Waals surface area contributed by atoms with Crippen molar-refractivity contribution in [1.29, 1.82) is 0 Å². The molecule has 1 heterocycles. The SMILES string of the molecule is O=C1OCCN1c1cccc(NCC2CC=CCC2)c1. The number of carbonyl (C=O) groups is 1. The number of cyclic esters (lactones) is 1. The number of carbonyl (C=O) groups excluding carboxylic acids is 1. The van der Waals surface area contributed by atoms with Crippen molar-refractivity contribution in [3.63, 3.8) is 0 Å². The van der Waals surface area contributed by atoms with Gasteiger partial charge in [-0.05, 0) is 43.4 Å². The third-order valence-electron chi connectivity index (χ3n) is 3.89. The van der Waals surface area contributed by atoms with Crippen molar-refractivity contribution in [3.8, 4) is 0 Å². The minimum absolute atomic E-state index is 0.250.